The molecule has 1 aliphatic rings. The number of hydrogen-bond donors (Lipinski definition) is 1. The molecule has 1 atom stereocenters. The van der Waals surface area contributed by atoms with Gasteiger partial charge in [-0.1, -0.05) is 6.07 Å². The number of halogens is 3. The van der Waals surface area contributed by atoms with Gasteiger partial charge in [-0.15, -0.1) is 0 Å². The van der Waals surface area contributed by atoms with E-state index in [-0.39, 0.29) is 0 Å². The average molecular weight is 431 g/mol. The molecule has 0 aromatic heterocycles. The summed E-state index contributed by atoms with van der Waals surface area (Å²) >= 11 is 0. The number of rotatable bonds is 8. The van der Waals surface area contributed by atoms with E-state index in [9.17, 15) is 13.2 Å². The second-order valence-corrected chi connectivity index (χ2v) is 7.11. The number of piperazine rings is 1. The van der Waals surface area contributed by atoms with Crippen molar-refractivity contribution in [3.05, 3.63) is 23.8 Å². The fourth-order valence-electron chi connectivity index (χ4n) is 3.43. The summed E-state index contributed by atoms with van der Waals surface area (Å²) in [7, 11) is 1.69. The molecule has 1 unspecified atom stereocenters. The molecule has 170 valence electrons. The molecule has 1 aromatic carbocycles. The van der Waals surface area contributed by atoms with Gasteiger partial charge in [-0.25, -0.2) is 0 Å². The van der Waals surface area contributed by atoms with Crippen LogP contribution in [0.3, 0.4) is 0 Å². The van der Waals surface area contributed by atoms with Gasteiger partial charge in [0.25, 0.3) is 0 Å². The summed E-state index contributed by atoms with van der Waals surface area (Å²) in [6, 6.07) is 4.49. The SMILES string of the molecule is CCOc1ccc(CCNC(=NC)N2CCN(C(C)C(F)(F)F)CC2)cc1OCC. The first-order valence-corrected chi connectivity index (χ1v) is 10.4. The third-order valence-corrected chi connectivity index (χ3v) is 5.15. The fraction of sp³-hybridized carbons (Fsp3) is 0.667. The van der Waals surface area contributed by atoms with Crippen molar-refractivity contribution in [2.45, 2.75) is 39.4 Å². The normalized spacial score (nSPS) is 17.0. The van der Waals surface area contributed by atoms with Gasteiger partial charge in [0.1, 0.15) is 6.04 Å². The first kappa shape index (κ1) is 24.1. The highest BCUT2D eigenvalue weighted by molar-refractivity contribution is 5.80. The lowest BCUT2D eigenvalue weighted by Gasteiger charge is -2.39. The summed E-state index contributed by atoms with van der Waals surface area (Å²) in [5, 5.41) is 3.32. The Bertz CT molecular complexity index is 689. The van der Waals surface area contributed by atoms with Crippen LogP contribution in [0.4, 0.5) is 13.2 Å². The van der Waals surface area contributed by atoms with Crippen LogP contribution in [-0.4, -0.2) is 81.0 Å². The molecule has 2 rings (SSSR count). The van der Waals surface area contributed by atoms with Crippen LogP contribution in [0.15, 0.2) is 23.2 Å². The van der Waals surface area contributed by atoms with Gasteiger partial charge in [-0.2, -0.15) is 13.2 Å². The molecular weight excluding hydrogens is 397 g/mol. The lowest BCUT2D eigenvalue weighted by Crippen LogP contribution is -2.56. The maximum Gasteiger partial charge on any atom is 0.403 e. The highest BCUT2D eigenvalue weighted by Crippen LogP contribution is 2.28. The van der Waals surface area contributed by atoms with E-state index >= 15 is 0 Å². The smallest absolute Gasteiger partial charge is 0.403 e. The highest BCUT2D eigenvalue weighted by atomic mass is 19.4. The molecule has 0 aliphatic carbocycles. The number of guanidine groups is 1. The van der Waals surface area contributed by atoms with E-state index in [1.807, 2.05) is 36.9 Å². The van der Waals surface area contributed by atoms with Gasteiger partial charge in [0.05, 0.1) is 13.2 Å². The Labute approximate surface area is 177 Å². The van der Waals surface area contributed by atoms with E-state index in [0.29, 0.717) is 51.9 Å². The Morgan fingerprint density at radius 3 is 2.30 bits per heavy atom. The first-order chi connectivity index (χ1) is 14.3. The largest absolute Gasteiger partial charge is 0.490 e. The third kappa shape index (κ3) is 6.68. The van der Waals surface area contributed by atoms with Gasteiger partial charge >= 0.3 is 6.18 Å². The van der Waals surface area contributed by atoms with E-state index in [1.54, 1.807) is 7.05 Å². The minimum atomic E-state index is -4.19. The molecular formula is C21H33F3N4O2. The molecule has 0 bridgehead atoms. The van der Waals surface area contributed by atoms with Crippen LogP contribution in [0.1, 0.15) is 26.3 Å². The minimum Gasteiger partial charge on any atom is -0.490 e. The number of ether oxygens (including phenoxy) is 2. The second-order valence-electron chi connectivity index (χ2n) is 7.11. The van der Waals surface area contributed by atoms with Crippen molar-refractivity contribution >= 4 is 5.96 Å². The zero-order valence-corrected chi connectivity index (χ0v) is 18.3. The predicted octanol–water partition coefficient (Wildman–Crippen LogP) is 3.17. The minimum absolute atomic E-state index is 0.359. The molecule has 9 heteroatoms. The molecule has 0 saturated carbocycles. The maximum atomic E-state index is 12.9. The standard InChI is InChI=1S/C21H33F3N4O2/c1-5-29-18-8-7-17(15-19(18)30-6-2)9-10-26-20(25-4)28-13-11-27(12-14-28)16(3)21(22,23)24/h7-8,15-16H,5-6,9-14H2,1-4H3,(H,25,26). The van der Waals surface area contributed by atoms with Crippen molar-refractivity contribution in [3.8, 4) is 11.5 Å². The summed E-state index contributed by atoms with van der Waals surface area (Å²) in [6.45, 7) is 8.62. The third-order valence-electron chi connectivity index (χ3n) is 5.15. The summed E-state index contributed by atoms with van der Waals surface area (Å²) in [6.07, 6.45) is -3.43. The molecule has 0 amide bonds. The van der Waals surface area contributed by atoms with Crippen LogP contribution < -0.4 is 14.8 Å². The number of hydrogen-bond acceptors (Lipinski definition) is 4. The summed E-state index contributed by atoms with van der Waals surface area (Å²) in [4.78, 5) is 7.77. The topological polar surface area (TPSA) is 49.3 Å². The van der Waals surface area contributed by atoms with Gasteiger partial charge in [-0.3, -0.25) is 9.89 Å². The van der Waals surface area contributed by atoms with E-state index in [4.69, 9.17) is 9.47 Å². The van der Waals surface area contributed by atoms with E-state index in [2.05, 4.69) is 10.3 Å². The van der Waals surface area contributed by atoms with Crippen molar-refractivity contribution in [2.75, 3.05) is 53.0 Å². The number of aliphatic imine (C=N–C) groups is 1. The van der Waals surface area contributed by atoms with E-state index in [1.165, 1.54) is 11.8 Å². The Morgan fingerprint density at radius 1 is 1.10 bits per heavy atom. The lowest BCUT2D eigenvalue weighted by atomic mass is 10.1. The zero-order chi connectivity index (χ0) is 22.1. The molecule has 1 aromatic rings. The van der Waals surface area contributed by atoms with E-state index < -0.39 is 12.2 Å². The van der Waals surface area contributed by atoms with Gasteiger partial charge in [0, 0.05) is 39.8 Å². The predicted molar refractivity (Wildman–Crippen MR) is 113 cm³/mol. The number of alkyl halides is 3. The van der Waals surface area contributed by atoms with E-state index in [0.717, 1.165) is 23.5 Å². The Kier molecular flexibility index (Phi) is 9.08. The van der Waals surface area contributed by atoms with Crippen LogP contribution >= 0.6 is 0 Å². The van der Waals surface area contributed by atoms with Crippen molar-refractivity contribution in [1.29, 1.82) is 0 Å². The molecule has 1 N–H and O–H groups in total. The van der Waals surface area contributed by atoms with Crippen LogP contribution in [0.2, 0.25) is 0 Å². The molecule has 0 radical (unpaired) electrons. The van der Waals surface area contributed by atoms with Crippen molar-refractivity contribution in [2.24, 2.45) is 4.99 Å². The fourth-order valence-corrected chi connectivity index (χ4v) is 3.43. The van der Waals surface area contributed by atoms with Gasteiger partial charge in [0.15, 0.2) is 17.5 Å². The van der Waals surface area contributed by atoms with Crippen molar-refractivity contribution in [1.82, 2.24) is 15.1 Å². The second kappa shape index (κ2) is 11.3. The molecule has 30 heavy (non-hydrogen) atoms. The molecule has 6 nitrogen and oxygen atoms in total. The molecule has 1 heterocycles. The lowest BCUT2D eigenvalue weighted by molar-refractivity contribution is -0.181. The maximum absolute atomic E-state index is 12.9. The molecule has 1 saturated heterocycles. The Hall–Kier alpha value is -2.16. The van der Waals surface area contributed by atoms with Gasteiger partial charge in [-0.05, 0) is 44.9 Å². The molecule has 1 fully saturated rings. The first-order valence-electron chi connectivity index (χ1n) is 10.4. The number of nitrogens with one attached hydrogen (secondary N) is 1. The Morgan fingerprint density at radius 2 is 1.73 bits per heavy atom. The highest BCUT2D eigenvalue weighted by Gasteiger charge is 2.41. The summed E-state index contributed by atoms with van der Waals surface area (Å²) < 4.78 is 50.0. The molecule has 1 aliphatic heterocycles. The summed E-state index contributed by atoms with van der Waals surface area (Å²) in [5.41, 5.74) is 1.11. The molecule has 0 spiro atoms. The van der Waals surface area contributed by atoms with Gasteiger partial charge < -0.3 is 19.7 Å². The van der Waals surface area contributed by atoms with Crippen LogP contribution in [0, 0.1) is 0 Å². The average Bonchev–Trinajstić information content (AvgIpc) is 2.72. The van der Waals surface area contributed by atoms with Crippen molar-refractivity contribution in [3.63, 3.8) is 0 Å². The van der Waals surface area contributed by atoms with Crippen molar-refractivity contribution < 1.29 is 22.6 Å². The quantitative estimate of drug-likeness (QED) is 0.507. The monoisotopic (exact) mass is 430 g/mol. The van der Waals surface area contributed by atoms with Crippen LogP contribution in [0.25, 0.3) is 0 Å². The number of nitrogens with zero attached hydrogens (tertiary/aromatic N) is 3. The van der Waals surface area contributed by atoms with Crippen LogP contribution in [-0.2, 0) is 6.42 Å². The summed E-state index contributed by atoms with van der Waals surface area (Å²) in [5.74, 6) is 2.18. The number of benzene rings is 1. The van der Waals surface area contributed by atoms with Crippen LogP contribution in [0.5, 0.6) is 11.5 Å². The van der Waals surface area contributed by atoms with Gasteiger partial charge in [0.2, 0.25) is 0 Å². The Balaban J connectivity index is 1.86. The zero-order valence-electron chi connectivity index (χ0n) is 18.3.